The van der Waals surface area contributed by atoms with E-state index in [0.717, 1.165) is 12.0 Å². The summed E-state index contributed by atoms with van der Waals surface area (Å²) < 4.78 is 5.48. The number of fused-ring (bicyclic) bond motifs is 1. The van der Waals surface area contributed by atoms with Crippen LogP contribution in [0.2, 0.25) is 0 Å². The maximum atomic E-state index is 10.9. The third-order valence-electron chi connectivity index (χ3n) is 2.63. The molecule has 1 aromatic carbocycles. The molecule has 5 heteroatoms. The number of hydrogen-bond acceptors (Lipinski definition) is 3. The molecule has 1 aromatic rings. The summed E-state index contributed by atoms with van der Waals surface area (Å²) in [6.07, 6.45) is 0.812. The van der Waals surface area contributed by atoms with Crippen LogP contribution < -0.4 is 9.97 Å². The van der Waals surface area contributed by atoms with Crippen molar-refractivity contribution in [2.75, 3.05) is 7.05 Å². The van der Waals surface area contributed by atoms with E-state index >= 15 is 0 Å². The van der Waals surface area contributed by atoms with Crippen LogP contribution in [0.4, 0.5) is 0 Å². The van der Waals surface area contributed by atoms with Gasteiger partial charge in [-0.05, 0) is 25.1 Å². The topological polar surface area (TPSA) is 58.6 Å². The van der Waals surface area contributed by atoms with Crippen molar-refractivity contribution in [2.45, 2.75) is 12.4 Å². The predicted octanol–water partition coefficient (Wildman–Crippen LogP) is 0.217. The summed E-state index contributed by atoms with van der Waals surface area (Å²) in [5, 5.41) is 12.1. The van der Waals surface area contributed by atoms with Crippen LogP contribution in [0.15, 0.2) is 18.2 Å². The molecule has 1 heterocycles. The first-order valence-electron chi connectivity index (χ1n) is 4.87. The monoisotopic (exact) mass is 205 g/mol. The Kier molecular flexibility index (Phi) is 2.64. The molecule has 2 N–H and O–H groups in total. The molecule has 0 radical (unpaired) electrons. The van der Waals surface area contributed by atoms with E-state index in [-0.39, 0.29) is 11.5 Å². The fourth-order valence-corrected chi connectivity index (χ4v) is 1.78. The number of nitrogens with one attached hydrogen (secondary N) is 1. The predicted molar refractivity (Wildman–Crippen MR) is 57.7 cm³/mol. The van der Waals surface area contributed by atoms with E-state index in [1.807, 2.05) is 13.1 Å². The summed E-state index contributed by atoms with van der Waals surface area (Å²) in [7, 11) is 2.40. The second-order valence-corrected chi connectivity index (χ2v) is 3.60. The van der Waals surface area contributed by atoms with E-state index in [1.165, 1.54) is 0 Å². The second kappa shape index (κ2) is 3.94. The molecule has 0 bridgehead atoms. The fourth-order valence-electron chi connectivity index (χ4n) is 1.78. The van der Waals surface area contributed by atoms with Crippen LogP contribution in [0.25, 0.3) is 0 Å². The number of carboxylic acid groups (broad SMARTS) is 1. The van der Waals surface area contributed by atoms with Gasteiger partial charge in [-0.1, -0.05) is 12.1 Å². The lowest BCUT2D eigenvalue weighted by Gasteiger charge is -2.25. The number of rotatable bonds is 2. The maximum absolute atomic E-state index is 10.9. The quantitative estimate of drug-likeness (QED) is 0.678. The minimum Gasteiger partial charge on any atom is -0.562 e. The van der Waals surface area contributed by atoms with Crippen molar-refractivity contribution in [3.05, 3.63) is 29.3 Å². The molecular weight excluding hydrogens is 193 g/mol. The van der Waals surface area contributed by atoms with Crippen molar-refractivity contribution in [3.63, 3.8) is 0 Å². The first kappa shape index (κ1) is 10.0. The van der Waals surface area contributed by atoms with Gasteiger partial charge in [-0.25, -0.2) is 4.79 Å². The SMILES string of the molecule is CNC1BOc2c(cccc2C(=O)O)C1. The van der Waals surface area contributed by atoms with Gasteiger partial charge in [0.25, 0.3) is 0 Å². The summed E-state index contributed by atoms with van der Waals surface area (Å²) in [5.41, 5.74) is 1.21. The molecule has 0 aliphatic carbocycles. The maximum Gasteiger partial charge on any atom is 0.357 e. The molecular formula is C10H12BNO3. The van der Waals surface area contributed by atoms with E-state index < -0.39 is 5.97 Å². The molecule has 0 saturated carbocycles. The zero-order valence-electron chi connectivity index (χ0n) is 8.49. The molecule has 1 aliphatic heterocycles. The molecule has 0 spiro atoms. The molecule has 0 fully saturated rings. The largest absolute Gasteiger partial charge is 0.562 e. The molecule has 78 valence electrons. The molecule has 0 aromatic heterocycles. The Hall–Kier alpha value is -1.49. The van der Waals surface area contributed by atoms with Crippen molar-refractivity contribution < 1.29 is 14.6 Å². The van der Waals surface area contributed by atoms with E-state index in [9.17, 15) is 4.79 Å². The number of aromatic carboxylic acids is 1. The lowest BCUT2D eigenvalue weighted by atomic mass is 9.79. The zero-order chi connectivity index (χ0) is 10.8. The lowest BCUT2D eigenvalue weighted by Crippen LogP contribution is -2.40. The summed E-state index contributed by atoms with van der Waals surface area (Å²) >= 11 is 0. The van der Waals surface area contributed by atoms with Gasteiger partial charge in [0.2, 0.25) is 0 Å². The van der Waals surface area contributed by atoms with Crippen molar-refractivity contribution >= 4 is 13.5 Å². The Morgan fingerprint density at radius 2 is 2.47 bits per heavy atom. The van der Waals surface area contributed by atoms with Crippen molar-refractivity contribution in [1.82, 2.24) is 5.32 Å². The number of benzene rings is 1. The highest BCUT2D eigenvalue weighted by Crippen LogP contribution is 2.28. The summed E-state index contributed by atoms with van der Waals surface area (Å²) in [6, 6.07) is 5.23. The Morgan fingerprint density at radius 3 is 3.13 bits per heavy atom. The van der Waals surface area contributed by atoms with Crippen LogP contribution in [-0.4, -0.2) is 31.5 Å². The minimum atomic E-state index is -0.935. The number of para-hydroxylation sites is 1. The highest BCUT2D eigenvalue weighted by Gasteiger charge is 2.24. The van der Waals surface area contributed by atoms with E-state index in [4.69, 9.17) is 9.76 Å². The summed E-state index contributed by atoms with van der Waals surface area (Å²) in [6.45, 7) is 0. The first-order chi connectivity index (χ1) is 7.22. The molecule has 0 saturated heterocycles. The normalized spacial score (nSPS) is 18.6. The van der Waals surface area contributed by atoms with E-state index in [0.29, 0.717) is 13.2 Å². The fraction of sp³-hybridized carbons (Fsp3) is 0.300. The van der Waals surface area contributed by atoms with Crippen molar-refractivity contribution in [3.8, 4) is 5.75 Å². The van der Waals surface area contributed by atoms with Crippen LogP contribution in [-0.2, 0) is 6.42 Å². The van der Waals surface area contributed by atoms with Gasteiger partial charge < -0.3 is 15.1 Å². The highest BCUT2D eigenvalue weighted by atomic mass is 16.4. The van der Waals surface area contributed by atoms with Gasteiger partial charge in [0.1, 0.15) is 5.75 Å². The standard InChI is InChI=1S/C10H12BNO3/c1-12-8-5-6-3-2-4-7(10(13)14)9(6)15-11-8/h2-4,8,11-12H,5H2,1H3,(H,13,14). The van der Waals surface area contributed by atoms with E-state index in [1.54, 1.807) is 12.1 Å². The van der Waals surface area contributed by atoms with Gasteiger partial charge in [0, 0.05) is 5.94 Å². The van der Waals surface area contributed by atoms with Gasteiger partial charge in [0.05, 0.1) is 5.56 Å². The molecule has 1 unspecified atom stereocenters. The van der Waals surface area contributed by atoms with Crippen molar-refractivity contribution in [2.24, 2.45) is 0 Å². The minimum absolute atomic E-state index is 0.252. The van der Waals surface area contributed by atoms with E-state index in [2.05, 4.69) is 5.32 Å². The molecule has 1 atom stereocenters. The van der Waals surface area contributed by atoms with Gasteiger partial charge in [0.15, 0.2) is 0 Å². The van der Waals surface area contributed by atoms with Gasteiger partial charge in [-0.3, -0.25) is 0 Å². The lowest BCUT2D eigenvalue weighted by molar-refractivity contribution is 0.0694. The van der Waals surface area contributed by atoms with Crippen LogP contribution in [0.5, 0.6) is 5.75 Å². The van der Waals surface area contributed by atoms with Crippen LogP contribution in [0, 0.1) is 0 Å². The third-order valence-corrected chi connectivity index (χ3v) is 2.63. The number of hydrogen-bond donors (Lipinski definition) is 2. The molecule has 0 amide bonds. The second-order valence-electron chi connectivity index (χ2n) is 3.60. The van der Waals surface area contributed by atoms with Crippen molar-refractivity contribution in [1.29, 1.82) is 0 Å². The summed E-state index contributed by atoms with van der Waals surface area (Å²) in [4.78, 5) is 10.9. The van der Waals surface area contributed by atoms with Gasteiger partial charge >= 0.3 is 13.5 Å². The molecule has 15 heavy (non-hydrogen) atoms. The van der Waals surface area contributed by atoms with Gasteiger partial charge in [-0.2, -0.15) is 0 Å². The Bertz CT molecular complexity index is 394. The Labute approximate surface area is 88.5 Å². The Morgan fingerprint density at radius 1 is 1.67 bits per heavy atom. The number of likely N-dealkylation sites (N-methyl/N-ethyl adjacent to an activating group) is 1. The third kappa shape index (κ3) is 1.83. The van der Waals surface area contributed by atoms with Crippen LogP contribution in [0.1, 0.15) is 15.9 Å². The highest BCUT2D eigenvalue weighted by molar-refractivity contribution is 6.31. The molecule has 1 aliphatic rings. The zero-order valence-corrected chi connectivity index (χ0v) is 8.49. The first-order valence-corrected chi connectivity index (χ1v) is 4.87. The van der Waals surface area contributed by atoms with Gasteiger partial charge in [-0.15, -0.1) is 0 Å². The number of carbonyl (C=O) groups is 1. The average Bonchev–Trinajstić information content (AvgIpc) is 2.27. The molecule has 4 nitrogen and oxygen atoms in total. The van der Waals surface area contributed by atoms with Crippen LogP contribution in [0.3, 0.4) is 0 Å². The molecule has 2 rings (SSSR count). The summed E-state index contributed by atoms with van der Waals surface area (Å²) in [5.74, 6) is -0.146. The smallest absolute Gasteiger partial charge is 0.357 e. The average molecular weight is 205 g/mol. The van der Waals surface area contributed by atoms with Crippen LogP contribution >= 0.6 is 0 Å². The number of carboxylic acids is 1. The Balaban J connectivity index is 2.37.